The minimum Gasteiger partial charge on any atom is -0.466 e. The Balaban J connectivity index is 0. The van der Waals surface area contributed by atoms with Gasteiger partial charge in [0.05, 0.1) is 19.6 Å². The van der Waals surface area contributed by atoms with E-state index in [2.05, 4.69) is 4.74 Å². The van der Waals surface area contributed by atoms with Gasteiger partial charge in [-0.05, 0) is 6.92 Å². The van der Waals surface area contributed by atoms with Crippen LogP contribution in [0, 0.1) is 0 Å². The zero-order valence-electron chi connectivity index (χ0n) is 6.60. The molecule has 0 saturated carbocycles. The van der Waals surface area contributed by atoms with Crippen molar-refractivity contribution in [3.63, 3.8) is 0 Å². The molecular weight excluding hydrogens is 226 g/mol. The first-order valence-corrected chi connectivity index (χ1v) is 4.54. The number of aliphatic hydroxyl groups is 1. The van der Waals surface area contributed by atoms with Gasteiger partial charge in [0.2, 0.25) is 0 Å². The first-order valence-electron chi connectivity index (χ1n) is 3.23. The van der Waals surface area contributed by atoms with E-state index in [9.17, 15) is 4.79 Å². The lowest BCUT2D eigenvalue weighted by molar-refractivity contribution is -0.143. The highest BCUT2D eigenvalue weighted by atomic mass is 35.6. The second kappa shape index (κ2) is 11.3. The van der Waals surface area contributed by atoms with Crippen molar-refractivity contribution in [1.29, 1.82) is 0 Å². The van der Waals surface area contributed by atoms with Crippen LogP contribution >= 0.6 is 34.8 Å². The van der Waals surface area contributed by atoms with Crippen LogP contribution in [-0.4, -0.2) is 28.6 Å². The maximum absolute atomic E-state index is 10.3. The van der Waals surface area contributed by atoms with Gasteiger partial charge >= 0.3 is 5.97 Å². The maximum atomic E-state index is 10.3. The zero-order chi connectivity index (χ0) is 9.98. The SMILES string of the molecule is CCOC(=O)CCO.ClC(Cl)Cl. The topological polar surface area (TPSA) is 46.5 Å². The molecule has 0 aliphatic heterocycles. The molecule has 0 fully saturated rings. The minimum absolute atomic E-state index is 0.105. The van der Waals surface area contributed by atoms with Crippen molar-refractivity contribution in [2.24, 2.45) is 0 Å². The van der Waals surface area contributed by atoms with Gasteiger partial charge in [0.25, 0.3) is 0 Å². The molecule has 0 amide bonds. The number of halogens is 3. The number of ether oxygens (including phenoxy) is 1. The summed E-state index contributed by atoms with van der Waals surface area (Å²) in [6, 6.07) is 0. The second-order valence-electron chi connectivity index (χ2n) is 1.53. The number of hydrogen-bond acceptors (Lipinski definition) is 3. The molecule has 6 heteroatoms. The van der Waals surface area contributed by atoms with E-state index in [1.165, 1.54) is 0 Å². The van der Waals surface area contributed by atoms with E-state index in [1.807, 2.05) is 0 Å². The largest absolute Gasteiger partial charge is 0.466 e. The summed E-state index contributed by atoms with van der Waals surface area (Å²) in [5.41, 5.74) is 0. The van der Waals surface area contributed by atoms with Crippen LogP contribution in [0.3, 0.4) is 0 Å². The van der Waals surface area contributed by atoms with Crippen molar-refractivity contribution in [2.75, 3.05) is 13.2 Å². The van der Waals surface area contributed by atoms with Crippen molar-refractivity contribution in [3.8, 4) is 0 Å². The number of esters is 1. The van der Waals surface area contributed by atoms with Crippen LogP contribution in [0.25, 0.3) is 0 Å². The molecule has 0 radical (unpaired) electrons. The molecule has 3 nitrogen and oxygen atoms in total. The van der Waals surface area contributed by atoms with Crippen molar-refractivity contribution in [2.45, 2.75) is 17.6 Å². The first kappa shape index (κ1) is 14.8. The molecule has 1 N–H and O–H groups in total. The fourth-order valence-corrected chi connectivity index (χ4v) is 0.324. The van der Waals surface area contributed by atoms with Crippen molar-refractivity contribution >= 4 is 40.8 Å². The van der Waals surface area contributed by atoms with Gasteiger partial charge in [0.1, 0.15) is 0 Å². The summed E-state index contributed by atoms with van der Waals surface area (Å²) in [6.45, 7) is 1.99. The number of aliphatic hydroxyl groups excluding tert-OH is 1. The van der Waals surface area contributed by atoms with Crippen LogP contribution in [0.5, 0.6) is 0 Å². The quantitative estimate of drug-likeness (QED) is 0.602. The van der Waals surface area contributed by atoms with E-state index < -0.39 is 4.30 Å². The smallest absolute Gasteiger partial charge is 0.308 e. The van der Waals surface area contributed by atoms with Crippen molar-refractivity contribution in [3.05, 3.63) is 0 Å². The Morgan fingerprint density at radius 3 is 2.17 bits per heavy atom. The third kappa shape index (κ3) is 22.4. The van der Waals surface area contributed by atoms with E-state index in [0.29, 0.717) is 6.61 Å². The van der Waals surface area contributed by atoms with E-state index in [4.69, 9.17) is 39.9 Å². The normalized spacial score (nSPS) is 8.83. The Bertz CT molecular complexity index is 97.5. The number of rotatable bonds is 3. The highest BCUT2D eigenvalue weighted by Gasteiger charge is 1.96. The fourth-order valence-electron chi connectivity index (χ4n) is 0.324. The van der Waals surface area contributed by atoms with Gasteiger partial charge in [-0.25, -0.2) is 0 Å². The summed E-state index contributed by atoms with van der Waals surface area (Å²) in [7, 11) is 0. The van der Waals surface area contributed by atoms with E-state index in [-0.39, 0.29) is 19.0 Å². The van der Waals surface area contributed by atoms with Gasteiger partial charge in [-0.3, -0.25) is 4.79 Å². The Kier molecular flexibility index (Phi) is 13.9. The summed E-state index contributed by atoms with van der Waals surface area (Å²) < 4.78 is 3.73. The van der Waals surface area contributed by atoms with Gasteiger partial charge in [0.15, 0.2) is 4.30 Å². The molecule has 0 aromatic rings. The van der Waals surface area contributed by atoms with E-state index >= 15 is 0 Å². The Hall–Kier alpha value is 0.300. The van der Waals surface area contributed by atoms with Gasteiger partial charge in [-0.1, -0.05) is 34.8 Å². The molecule has 0 aliphatic carbocycles. The standard InChI is InChI=1S/C5H10O3.CHCl3/c1-2-8-5(7)3-4-6;2-1(3)4/h6H,2-4H2,1H3;1H. The molecular formula is C6H11Cl3O3. The average molecular weight is 238 g/mol. The number of alkyl halides is 3. The first-order chi connectivity index (χ1) is 5.54. The third-order valence-corrected chi connectivity index (χ3v) is 0.621. The lowest BCUT2D eigenvalue weighted by Gasteiger charge is -1.96. The van der Waals surface area contributed by atoms with Crippen LogP contribution in [0.4, 0.5) is 0 Å². The molecule has 0 heterocycles. The zero-order valence-corrected chi connectivity index (χ0v) is 8.86. The lowest BCUT2D eigenvalue weighted by atomic mass is 10.5. The lowest BCUT2D eigenvalue weighted by Crippen LogP contribution is -2.05. The molecule has 74 valence electrons. The maximum Gasteiger partial charge on any atom is 0.308 e. The fraction of sp³-hybridized carbons (Fsp3) is 0.833. The van der Waals surface area contributed by atoms with Crippen LogP contribution < -0.4 is 0 Å². The number of carbonyl (C=O) groups excluding carboxylic acids is 1. The van der Waals surface area contributed by atoms with Crippen molar-refractivity contribution < 1.29 is 14.6 Å². The minimum atomic E-state index is -0.750. The Morgan fingerprint density at radius 1 is 1.50 bits per heavy atom. The van der Waals surface area contributed by atoms with Crippen LogP contribution in [0.1, 0.15) is 13.3 Å². The van der Waals surface area contributed by atoms with Gasteiger partial charge in [-0.2, -0.15) is 0 Å². The predicted molar refractivity (Wildman–Crippen MR) is 49.7 cm³/mol. The summed E-state index contributed by atoms with van der Waals surface area (Å²) in [5.74, 6) is -0.338. The molecule has 0 bridgehead atoms. The molecule has 0 unspecified atom stereocenters. The number of carbonyl (C=O) groups is 1. The second-order valence-corrected chi connectivity index (χ2v) is 3.51. The third-order valence-electron chi connectivity index (χ3n) is 0.621. The Morgan fingerprint density at radius 2 is 1.92 bits per heavy atom. The molecule has 0 aromatic heterocycles. The monoisotopic (exact) mass is 236 g/mol. The number of hydrogen-bond donors (Lipinski definition) is 1. The molecule has 0 aromatic carbocycles. The van der Waals surface area contributed by atoms with Crippen LogP contribution in [0.15, 0.2) is 0 Å². The Labute approximate surface area is 86.5 Å². The molecule has 0 rings (SSSR count). The van der Waals surface area contributed by atoms with E-state index in [1.54, 1.807) is 6.92 Å². The molecule has 0 spiro atoms. The molecule has 0 saturated heterocycles. The van der Waals surface area contributed by atoms with Crippen molar-refractivity contribution in [1.82, 2.24) is 0 Å². The average Bonchev–Trinajstić information content (AvgIpc) is 1.87. The van der Waals surface area contributed by atoms with Gasteiger partial charge in [0, 0.05) is 0 Å². The molecule has 0 aliphatic rings. The summed E-state index contributed by atoms with van der Waals surface area (Å²) in [6.07, 6.45) is 0.105. The van der Waals surface area contributed by atoms with Crippen LogP contribution in [0.2, 0.25) is 0 Å². The van der Waals surface area contributed by atoms with Crippen LogP contribution in [-0.2, 0) is 9.53 Å². The summed E-state index contributed by atoms with van der Waals surface area (Å²) in [5, 5.41) is 8.16. The van der Waals surface area contributed by atoms with E-state index in [0.717, 1.165) is 0 Å². The predicted octanol–water partition coefficient (Wildman–Crippen LogP) is 1.92. The molecule has 12 heavy (non-hydrogen) atoms. The summed E-state index contributed by atoms with van der Waals surface area (Å²) in [4.78, 5) is 10.3. The summed E-state index contributed by atoms with van der Waals surface area (Å²) >= 11 is 14.4. The highest BCUT2D eigenvalue weighted by molar-refractivity contribution is 6.63. The molecule has 0 atom stereocenters. The highest BCUT2D eigenvalue weighted by Crippen LogP contribution is 2.03. The van der Waals surface area contributed by atoms with Gasteiger partial charge in [-0.15, -0.1) is 0 Å². The van der Waals surface area contributed by atoms with Gasteiger partial charge < -0.3 is 9.84 Å².